The van der Waals surface area contributed by atoms with Crippen LogP contribution in [-0.2, 0) is 0 Å². The number of hydrogen-bond donors (Lipinski definition) is 3. The molecule has 1 aliphatic rings. The van der Waals surface area contributed by atoms with Gasteiger partial charge < -0.3 is 5.32 Å². The molecule has 1 aliphatic carbocycles. The Morgan fingerprint density at radius 1 is 1.43 bits per heavy atom. The van der Waals surface area contributed by atoms with Crippen molar-refractivity contribution in [3.05, 3.63) is 0 Å². The molecule has 0 aliphatic heterocycles. The molecule has 0 unspecified atom stereocenters. The van der Waals surface area contributed by atoms with E-state index in [-0.39, 0.29) is 0 Å². The predicted octanol–water partition coefficient (Wildman–Crippen LogP) is 1.14. The first-order valence-corrected chi connectivity index (χ1v) is 5.64. The van der Waals surface area contributed by atoms with E-state index < -0.39 is 0 Å². The molecule has 0 spiro atoms. The zero-order valence-corrected chi connectivity index (χ0v) is 9.05. The number of guanidine groups is 1. The first-order valence-electron chi connectivity index (χ1n) is 5.64. The molecule has 0 heterocycles. The van der Waals surface area contributed by atoms with Crippen molar-refractivity contribution in [2.45, 2.75) is 51.5 Å². The SMILES string of the molecule is CCCCN=C(NN)NC1CCCC1. The quantitative estimate of drug-likeness (QED) is 0.209. The van der Waals surface area contributed by atoms with Crippen LogP contribution in [0.3, 0.4) is 0 Å². The van der Waals surface area contributed by atoms with Crippen LogP contribution in [0.1, 0.15) is 45.4 Å². The van der Waals surface area contributed by atoms with Crippen LogP contribution in [0.5, 0.6) is 0 Å². The van der Waals surface area contributed by atoms with Gasteiger partial charge in [0, 0.05) is 12.6 Å². The summed E-state index contributed by atoms with van der Waals surface area (Å²) in [6.07, 6.45) is 7.43. The van der Waals surface area contributed by atoms with Crippen molar-refractivity contribution in [1.82, 2.24) is 10.7 Å². The summed E-state index contributed by atoms with van der Waals surface area (Å²) >= 11 is 0. The monoisotopic (exact) mass is 198 g/mol. The van der Waals surface area contributed by atoms with E-state index in [4.69, 9.17) is 5.84 Å². The first kappa shape index (κ1) is 11.3. The number of aliphatic imine (C=N–C) groups is 1. The number of unbranched alkanes of at least 4 members (excludes halogenated alkanes) is 1. The lowest BCUT2D eigenvalue weighted by molar-refractivity contribution is 0.613. The summed E-state index contributed by atoms with van der Waals surface area (Å²) in [6, 6.07) is 0.575. The molecule has 0 saturated heterocycles. The number of hydrogen-bond acceptors (Lipinski definition) is 2. The molecule has 4 N–H and O–H groups in total. The maximum Gasteiger partial charge on any atom is 0.205 e. The van der Waals surface area contributed by atoms with E-state index in [1.165, 1.54) is 32.1 Å². The minimum Gasteiger partial charge on any atom is -0.353 e. The largest absolute Gasteiger partial charge is 0.353 e. The van der Waals surface area contributed by atoms with Gasteiger partial charge in [0.05, 0.1) is 0 Å². The summed E-state index contributed by atoms with van der Waals surface area (Å²) in [5.74, 6) is 6.14. The second kappa shape index (κ2) is 6.65. The molecular formula is C10H22N4. The van der Waals surface area contributed by atoms with Gasteiger partial charge >= 0.3 is 0 Å². The summed E-state index contributed by atoms with van der Waals surface area (Å²) in [5, 5.41) is 3.34. The van der Waals surface area contributed by atoms with Crippen molar-refractivity contribution in [1.29, 1.82) is 0 Å². The minimum atomic E-state index is 0.575. The number of nitrogens with zero attached hydrogens (tertiary/aromatic N) is 1. The Kier molecular flexibility index (Phi) is 5.37. The fraction of sp³-hybridized carbons (Fsp3) is 0.900. The number of rotatable bonds is 4. The molecule has 4 nitrogen and oxygen atoms in total. The second-order valence-corrected chi connectivity index (χ2v) is 3.85. The van der Waals surface area contributed by atoms with Gasteiger partial charge in [-0.25, -0.2) is 5.84 Å². The Labute approximate surface area is 86.3 Å². The van der Waals surface area contributed by atoms with Crippen LogP contribution in [0.2, 0.25) is 0 Å². The molecule has 1 rings (SSSR count). The minimum absolute atomic E-state index is 0.575. The third-order valence-corrected chi connectivity index (χ3v) is 2.61. The molecule has 0 atom stereocenters. The van der Waals surface area contributed by atoms with Gasteiger partial charge in [-0.15, -0.1) is 0 Å². The molecule has 1 fully saturated rings. The lowest BCUT2D eigenvalue weighted by Gasteiger charge is -2.14. The van der Waals surface area contributed by atoms with E-state index in [9.17, 15) is 0 Å². The Bertz CT molecular complexity index is 173. The maximum atomic E-state index is 5.39. The van der Waals surface area contributed by atoms with Crippen molar-refractivity contribution in [3.8, 4) is 0 Å². The van der Waals surface area contributed by atoms with Crippen molar-refractivity contribution < 1.29 is 0 Å². The van der Waals surface area contributed by atoms with Crippen LogP contribution in [0.15, 0.2) is 4.99 Å². The molecule has 0 radical (unpaired) electrons. The predicted molar refractivity (Wildman–Crippen MR) is 59.9 cm³/mol. The van der Waals surface area contributed by atoms with E-state index in [2.05, 4.69) is 22.7 Å². The van der Waals surface area contributed by atoms with Gasteiger partial charge in [-0.1, -0.05) is 26.2 Å². The van der Waals surface area contributed by atoms with E-state index >= 15 is 0 Å². The van der Waals surface area contributed by atoms with E-state index in [1.54, 1.807) is 0 Å². The highest BCUT2D eigenvalue weighted by Gasteiger charge is 2.15. The average molecular weight is 198 g/mol. The first-order chi connectivity index (χ1) is 6.86. The summed E-state index contributed by atoms with van der Waals surface area (Å²) in [4.78, 5) is 4.36. The molecule has 4 heteroatoms. The Morgan fingerprint density at radius 2 is 2.14 bits per heavy atom. The number of hydrazine groups is 1. The molecule has 0 bridgehead atoms. The zero-order valence-electron chi connectivity index (χ0n) is 9.05. The van der Waals surface area contributed by atoms with Crippen molar-refractivity contribution in [3.63, 3.8) is 0 Å². The number of nitrogens with one attached hydrogen (secondary N) is 2. The van der Waals surface area contributed by atoms with E-state index in [0.717, 1.165) is 18.9 Å². The smallest absolute Gasteiger partial charge is 0.205 e. The van der Waals surface area contributed by atoms with E-state index in [1.807, 2.05) is 0 Å². The summed E-state index contributed by atoms with van der Waals surface area (Å²) in [5.41, 5.74) is 2.63. The van der Waals surface area contributed by atoms with Gasteiger partial charge in [0.1, 0.15) is 0 Å². The molecule has 0 aromatic heterocycles. The van der Waals surface area contributed by atoms with Gasteiger partial charge in [0.15, 0.2) is 0 Å². The average Bonchev–Trinajstić information content (AvgIpc) is 2.69. The second-order valence-electron chi connectivity index (χ2n) is 3.85. The fourth-order valence-electron chi connectivity index (χ4n) is 1.75. The van der Waals surface area contributed by atoms with Crippen LogP contribution in [0, 0.1) is 0 Å². The highest BCUT2D eigenvalue weighted by Crippen LogP contribution is 2.17. The van der Waals surface area contributed by atoms with Crippen molar-refractivity contribution in [2.75, 3.05) is 6.54 Å². The van der Waals surface area contributed by atoms with Gasteiger partial charge in [-0.3, -0.25) is 10.4 Å². The van der Waals surface area contributed by atoms with Crippen LogP contribution in [-0.4, -0.2) is 18.5 Å². The van der Waals surface area contributed by atoms with Crippen LogP contribution < -0.4 is 16.6 Å². The van der Waals surface area contributed by atoms with Crippen molar-refractivity contribution in [2.24, 2.45) is 10.8 Å². The number of nitrogens with two attached hydrogens (primary N) is 1. The van der Waals surface area contributed by atoms with Gasteiger partial charge in [-0.05, 0) is 19.3 Å². The zero-order chi connectivity index (χ0) is 10.2. The van der Waals surface area contributed by atoms with Crippen LogP contribution in [0.25, 0.3) is 0 Å². The molecular weight excluding hydrogens is 176 g/mol. The molecule has 1 saturated carbocycles. The molecule has 14 heavy (non-hydrogen) atoms. The maximum absolute atomic E-state index is 5.39. The summed E-state index contributed by atoms with van der Waals surface area (Å²) in [6.45, 7) is 3.02. The molecule has 0 amide bonds. The normalized spacial score (nSPS) is 18.6. The lowest BCUT2D eigenvalue weighted by Crippen LogP contribution is -2.45. The standard InChI is InChI=1S/C10H22N4/c1-2-3-8-12-10(14-11)13-9-6-4-5-7-9/h9H,2-8,11H2,1H3,(H2,12,13,14). The lowest BCUT2D eigenvalue weighted by atomic mass is 10.2. The summed E-state index contributed by atoms with van der Waals surface area (Å²) < 4.78 is 0. The van der Waals surface area contributed by atoms with Gasteiger partial charge in [0.2, 0.25) is 5.96 Å². The van der Waals surface area contributed by atoms with Crippen LogP contribution >= 0.6 is 0 Å². The summed E-state index contributed by atoms with van der Waals surface area (Å²) in [7, 11) is 0. The van der Waals surface area contributed by atoms with Crippen LogP contribution in [0.4, 0.5) is 0 Å². The third-order valence-electron chi connectivity index (χ3n) is 2.61. The molecule has 0 aromatic rings. The highest BCUT2D eigenvalue weighted by atomic mass is 15.3. The topological polar surface area (TPSA) is 62.4 Å². The Balaban J connectivity index is 2.25. The molecule has 0 aromatic carbocycles. The highest BCUT2D eigenvalue weighted by molar-refractivity contribution is 5.79. The third kappa shape index (κ3) is 3.96. The fourth-order valence-corrected chi connectivity index (χ4v) is 1.75. The van der Waals surface area contributed by atoms with Gasteiger partial charge in [-0.2, -0.15) is 0 Å². The Morgan fingerprint density at radius 3 is 2.71 bits per heavy atom. The Hall–Kier alpha value is -0.770. The molecule has 82 valence electrons. The van der Waals surface area contributed by atoms with E-state index in [0.29, 0.717) is 6.04 Å². The van der Waals surface area contributed by atoms with Gasteiger partial charge in [0.25, 0.3) is 0 Å². The van der Waals surface area contributed by atoms with Crippen molar-refractivity contribution >= 4 is 5.96 Å².